The Morgan fingerprint density at radius 2 is 1.78 bits per heavy atom. The van der Waals surface area contributed by atoms with Crippen molar-refractivity contribution in [2.45, 2.75) is 27.7 Å². The molecule has 0 unspecified atom stereocenters. The van der Waals surface area contributed by atoms with Crippen LogP contribution in [-0.4, -0.2) is 5.78 Å². The lowest BCUT2D eigenvalue weighted by Crippen LogP contribution is -2.04. The summed E-state index contributed by atoms with van der Waals surface area (Å²) in [6.07, 6.45) is 0. The fraction of sp³-hybridized carbons (Fsp3) is 0.267. The molecule has 1 heterocycles. The van der Waals surface area contributed by atoms with Gasteiger partial charge in [-0.3, -0.25) is 4.79 Å². The van der Waals surface area contributed by atoms with Crippen molar-refractivity contribution < 1.29 is 13.6 Å². The van der Waals surface area contributed by atoms with Gasteiger partial charge in [0.15, 0.2) is 5.78 Å². The van der Waals surface area contributed by atoms with Crippen molar-refractivity contribution in [1.82, 2.24) is 0 Å². The van der Waals surface area contributed by atoms with Gasteiger partial charge < -0.3 is 4.42 Å². The second-order valence-electron chi connectivity index (χ2n) is 4.51. The van der Waals surface area contributed by atoms with Crippen molar-refractivity contribution in [1.29, 1.82) is 0 Å². The number of furan rings is 1. The summed E-state index contributed by atoms with van der Waals surface area (Å²) in [4.78, 5) is 12.3. The maximum Gasteiger partial charge on any atom is 0.196 e. The highest BCUT2D eigenvalue weighted by Crippen LogP contribution is 2.24. The van der Waals surface area contributed by atoms with E-state index in [4.69, 9.17) is 4.42 Å². The number of benzene rings is 1. The molecule has 0 amide bonds. The number of halogens is 1. The largest absolute Gasteiger partial charge is 0.466 e. The van der Waals surface area contributed by atoms with E-state index >= 15 is 0 Å². The van der Waals surface area contributed by atoms with E-state index < -0.39 is 0 Å². The van der Waals surface area contributed by atoms with Gasteiger partial charge in [0.05, 0.1) is 5.56 Å². The van der Waals surface area contributed by atoms with Crippen LogP contribution in [0.25, 0.3) is 0 Å². The molecule has 0 N–H and O–H groups in total. The van der Waals surface area contributed by atoms with Crippen LogP contribution in [0.1, 0.15) is 38.6 Å². The number of ketones is 1. The van der Waals surface area contributed by atoms with E-state index in [0.29, 0.717) is 22.5 Å². The molecule has 0 aliphatic carbocycles. The molecule has 0 aliphatic heterocycles. The standard InChI is InChI=1S/C15H15FO2/c1-8-5-6-12(7-13(8)16)15(17)14-9(2)10(3)18-11(14)4/h5-7H,1-4H3. The van der Waals surface area contributed by atoms with Crippen LogP contribution in [0, 0.1) is 33.5 Å². The number of hydrogen-bond acceptors (Lipinski definition) is 2. The van der Waals surface area contributed by atoms with Gasteiger partial charge in [-0.1, -0.05) is 12.1 Å². The van der Waals surface area contributed by atoms with E-state index in [1.54, 1.807) is 26.0 Å². The monoisotopic (exact) mass is 246 g/mol. The van der Waals surface area contributed by atoms with Gasteiger partial charge in [0.25, 0.3) is 0 Å². The summed E-state index contributed by atoms with van der Waals surface area (Å²) in [6, 6.07) is 4.53. The second-order valence-corrected chi connectivity index (χ2v) is 4.51. The Balaban J connectivity index is 2.51. The van der Waals surface area contributed by atoms with Crippen LogP contribution in [-0.2, 0) is 0 Å². The van der Waals surface area contributed by atoms with Crippen LogP contribution in [0.15, 0.2) is 22.6 Å². The van der Waals surface area contributed by atoms with E-state index in [-0.39, 0.29) is 11.6 Å². The molecule has 0 radical (unpaired) electrons. The van der Waals surface area contributed by atoms with Gasteiger partial charge in [0, 0.05) is 11.1 Å². The van der Waals surface area contributed by atoms with Crippen LogP contribution in [0.3, 0.4) is 0 Å². The number of rotatable bonds is 2. The van der Waals surface area contributed by atoms with Crippen molar-refractivity contribution in [3.05, 3.63) is 57.8 Å². The second kappa shape index (κ2) is 4.41. The Bertz CT molecular complexity index is 624. The summed E-state index contributed by atoms with van der Waals surface area (Å²) in [5.74, 6) is 0.747. The molecular weight excluding hydrogens is 231 g/mol. The van der Waals surface area contributed by atoms with Gasteiger partial charge in [-0.15, -0.1) is 0 Å². The molecule has 0 spiro atoms. The molecule has 2 rings (SSSR count). The van der Waals surface area contributed by atoms with Crippen LogP contribution >= 0.6 is 0 Å². The van der Waals surface area contributed by atoms with E-state index in [1.165, 1.54) is 6.07 Å². The lowest BCUT2D eigenvalue weighted by atomic mass is 9.99. The SMILES string of the molecule is Cc1ccc(C(=O)c2c(C)oc(C)c2C)cc1F. The van der Waals surface area contributed by atoms with Crippen molar-refractivity contribution in [2.75, 3.05) is 0 Å². The summed E-state index contributed by atoms with van der Waals surface area (Å²) >= 11 is 0. The minimum absolute atomic E-state index is 0.194. The van der Waals surface area contributed by atoms with E-state index in [1.807, 2.05) is 13.8 Å². The van der Waals surface area contributed by atoms with E-state index in [9.17, 15) is 9.18 Å². The predicted molar refractivity (Wildman–Crippen MR) is 67.5 cm³/mol. The minimum Gasteiger partial charge on any atom is -0.466 e. The Kier molecular flexibility index (Phi) is 3.07. The molecule has 18 heavy (non-hydrogen) atoms. The predicted octanol–water partition coefficient (Wildman–Crippen LogP) is 3.88. The first-order valence-corrected chi connectivity index (χ1v) is 5.79. The van der Waals surface area contributed by atoms with E-state index in [0.717, 1.165) is 11.3 Å². The van der Waals surface area contributed by atoms with Gasteiger partial charge >= 0.3 is 0 Å². The van der Waals surface area contributed by atoms with Gasteiger partial charge in [0.2, 0.25) is 0 Å². The fourth-order valence-corrected chi connectivity index (χ4v) is 2.01. The third kappa shape index (κ3) is 1.96. The molecule has 0 saturated carbocycles. The number of aryl methyl sites for hydroxylation is 3. The fourth-order valence-electron chi connectivity index (χ4n) is 2.01. The zero-order chi connectivity index (χ0) is 13.4. The van der Waals surface area contributed by atoms with E-state index in [2.05, 4.69) is 0 Å². The van der Waals surface area contributed by atoms with Gasteiger partial charge in [-0.05, 0) is 39.3 Å². The number of carbonyl (C=O) groups is 1. The first-order chi connectivity index (χ1) is 8.41. The molecule has 0 aliphatic rings. The third-order valence-electron chi connectivity index (χ3n) is 3.22. The first kappa shape index (κ1) is 12.6. The summed E-state index contributed by atoms with van der Waals surface area (Å²) in [5.41, 5.74) is 2.24. The highest BCUT2D eigenvalue weighted by molar-refractivity contribution is 6.10. The molecule has 0 atom stereocenters. The summed E-state index contributed by atoms with van der Waals surface area (Å²) in [5, 5.41) is 0. The topological polar surface area (TPSA) is 30.2 Å². The Labute approximate surface area is 105 Å². The Morgan fingerprint density at radius 3 is 2.28 bits per heavy atom. The smallest absolute Gasteiger partial charge is 0.196 e. The molecule has 0 fully saturated rings. The lowest BCUT2D eigenvalue weighted by molar-refractivity contribution is 0.103. The van der Waals surface area contributed by atoms with Crippen molar-refractivity contribution in [3.8, 4) is 0 Å². The highest BCUT2D eigenvalue weighted by Gasteiger charge is 2.20. The van der Waals surface area contributed by atoms with Crippen molar-refractivity contribution >= 4 is 5.78 Å². The molecule has 1 aromatic heterocycles. The van der Waals surface area contributed by atoms with Crippen LogP contribution in [0.2, 0.25) is 0 Å². The van der Waals surface area contributed by atoms with Gasteiger partial charge in [-0.25, -0.2) is 4.39 Å². The van der Waals surface area contributed by atoms with Gasteiger partial charge in [-0.2, -0.15) is 0 Å². The zero-order valence-corrected chi connectivity index (χ0v) is 10.9. The molecular formula is C15H15FO2. The van der Waals surface area contributed by atoms with Crippen LogP contribution in [0.5, 0.6) is 0 Å². The van der Waals surface area contributed by atoms with Crippen molar-refractivity contribution in [2.24, 2.45) is 0 Å². The highest BCUT2D eigenvalue weighted by atomic mass is 19.1. The van der Waals surface area contributed by atoms with Crippen LogP contribution in [0.4, 0.5) is 4.39 Å². The molecule has 1 aromatic carbocycles. The summed E-state index contributed by atoms with van der Waals surface area (Å²) < 4.78 is 18.9. The lowest BCUT2D eigenvalue weighted by Gasteiger charge is -2.03. The maximum atomic E-state index is 13.5. The normalized spacial score (nSPS) is 10.7. The number of carbonyl (C=O) groups excluding carboxylic acids is 1. The summed E-state index contributed by atoms with van der Waals surface area (Å²) in [7, 11) is 0. The zero-order valence-electron chi connectivity index (χ0n) is 10.9. The molecule has 3 heteroatoms. The molecule has 2 aromatic rings. The third-order valence-corrected chi connectivity index (χ3v) is 3.22. The quantitative estimate of drug-likeness (QED) is 0.753. The van der Waals surface area contributed by atoms with Gasteiger partial charge in [0.1, 0.15) is 17.3 Å². The molecule has 94 valence electrons. The van der Waals surface area contributed by atoms with Crippen LogP contribution < -0.4 is 0 Å². The minimum atomic E-state index is -0.364. The molecule has 2 nitrogen and oxygen atoms in total. The average molecular weight is 246 g/mol. The Morgan fingerprint density at radius 1 is 1.11 bits per heavy atom. The first-order valence-electron chi connectivity index (χ1n) is 5.79. The molecule has 0 bridgehead atoms. The average Bonchev–Trinajstić information content (AvgIpc) is 2.56. The van der Waals surface area contributed by atoms with Crippen molar-refractivity contribution in [3.63, 3.8) is 0 Å². The maximum absolute atomic E-state index is 13.5. The Hall–Kier alpha value is -1.90. The number of hydrogen-bond donors (Lipinski definition) is 0. The summed E-state index contributed by atoms with van der Waals surface area (Å²) in [6.45, 7) is 7.07. The molecule has 0 saturated heterocycles.